The maximum absolute atomic E-state index is 13.6. The zero-order chi connectivity index (χ0) is 13.8. The Bertz CT molecular complexity index is 601. The van der Waals surface area contributed by atoms with Gasteiger partial charge in [0.15, 0.2) is 5.82 Å². The van der Waals surface area contributed by atoms with Crippen LogP contribution in [0, 0.1) is 5.82 Å². The summed E-state index contributed by atoms with van der Waals surface area (Å²) in [6.45, 7) is 0.331. The second kappa shape index (κ2) is 6.17. The van der Waals surface area contributed by atoms with E-state index in [0.717, 1.165) is 10.0 Å². The number of carbonyl (C=O) groups excluding carboxylic acids is 1. The summed E-state index contributed by atoms with van der Waals surface area (Å²) < 4.78 is 14.6. The minimum Gasteiger partial charge on any atom is -0.348 e. The van der Waals surface area contributed by atoms with Gasteiger partial charge in [0.2, 0.25) is 0 Å². The number of benzene rings is 2. The predicted molar refractivity (Wildman–Crippen MR) is 76.7 cm³/mol. The molecule has 2 nitrogen and oxygen atoms in total. The van der Waals surface area contributed by atoms with Crippen LogP contribution in [0.15, 0.2) is 46.9 Å². The van der Waals surface area contributed by atoms with Gasteiger partial charge < -0.3 is 5.32 Å². The summed E-state index contributed by atoms with van der Waals surface area (Å²) in [7, 11) is 0. The molecule has 2 rings (SSSR count). The van der Waals surface area contributed by atoms with E-state index in [2.05, 4.69) is 21.2 Å². The Labute approximate surface area is 123 Å². The summed E-state index contributed by atoms with van der Waals surface area (Å²) in [5.74, 6) is -1.18. The lowest BCUT2D eigenvalue weighted by Gasteiger charge is -2.07. The lowest BCUT2D eigenvalue weighted by molar-refractivity contribution is 0.0947. The van der Waals surface area contributed by atoms with Gasteiger partial charge in [-0.05, 0) is 29.8 Å². The third-order valence-electron chi connectivity index (χ3n) is 2.56. The normalized spacial score (nSPS) is 10.3. The molecule has 1 N–H and O–H groups in total. The monoisotopic (exact) mass is 341 g/mol. The molecule has 0 aliphatic rings. The third-order valence-corrected chi connectivity index (χ3v) is 3.38. The van der Waals surface area contributed by atoms with Gasteiger partial charge in [0, 0.05) is 11.0 Å². The van der Waals surface area contributed by atoms with E-state index < -0.39 is 11.7 Å². The van der Waals surface area contributed by atoms with Gasteiger partial charge >= 0.3 is 0 Å². The average Bonchev–Trinajstić information content (AvgIpc) is 2.41. The van der Waals surface area contributed by atoms with Crippen molar-refractivity contribution in [1.29, 1.82) is 0 Å². The van der Waals surface area contributed by atoms with Gasteiger partial charge in [-0.15, -0.1) is 0 Å². The first-order valence-corrected chi connectivity index (χ1v) is 6.71. The van der Waals surface area contributed by atoms with Crippen molar-refractivity contribution in [1.82, 2.24) is 5.32 Å². The Hall–Kier alpha value is -1.39. The number of hydrogen-bond donors (Lipinski definition) is 1. The standard InChI is InChI=1S/C14H10BrClFNO/c15-10-6-4-9(5-7-10)8-18-14(19)11-2-1-3-12(16)13(11)17/h1-7H,8H2,(H,18,19). The Morgan fingerprint density at radius 2 is 1.89 bits per heavy atom. The van der Waals surface area contributed by atoms with E-state index in [1.54, 1.807) is 6.07 Å². The van der Waals surface area contributed by atoms with Crippen LogP contribution in [0.5, 0.6) is 0 Å². The number of nitrogens with one attached hydrogen (secondary N) is 1. The van der Waals surface area contributed by atoms with Crippen LogP contribution >= 0.6 is 27.5 Å². The minimum absolute atomic E-state index is 0.0513. The number of carbonyl (C=O) groups is 1. The highest BCUT2D eigenvalue weighted by Crippen LogP contribution is 2.18. The van der Waals surface area contributed by atoms with Gasteiger partial charge in [0.25, 0.3) is 5.91 Å². The Morgan fingerprint density at radius 1 is 1.21 bits per heavy atom. The maximum atomic E-state index is 13.6. The van der Waals surface area contributed by atoms with Gasteiger partial charge in [-0.25, -0.2) is 4.39 Å². The van der Waals surface area contributed by atoms with Crippen molar-refractivity contribution in [3.8, 4) is 0 Å². The molecule has 2 aromatic rings. The van der Waals surface area contributed by atoms with Crippen LogP contribution in [-0.2, 0) is 6.54 Å². The fraction of sp³-hybridized carbons (Fsp3) is 0.0714. The van der Waals surface area contributed by atoms with Crippen molar-refractivity contribution < 1.29 is 9.18 Å². The van der Waals surface area contributed by atoms with E-state index in [9.17, 15) is 9.18 Å². The zero-order valence-electron chi connectivity index (χ0n) is 9.79. The molecule has 0 aliphatic carbocycles. The highest BCUT2D eigenvalue weighted by Gasteiger charge is 2.13. The van der Waals surface area contributed by atoms with Gasteiger partial charge in [-0.3, -0.25) is 4.79 Å². The lowest BCUT2D eigenvalue weighted by Crippen LogP contribution is -2.23. The van der Waals surface area contributed by atoms with Crippen molar-refractivity contribution in [2.75, 3.05) is 0 Å². The van der Waals surface area contributed by atoms with Gasteiger partial charge in [0.05, 0.1) is 10.6 Å². The molecule has 0 fully saturated rings. The molecule has 0 saturated heterocycles. The molecule has 0 radical (unpaired) electrons. The Balaban J connectivity index is 2.05. The average molecular weight is 343 g/mol. The summed E-state index contributed by atoms with van der Waals surface area (Å²) in [6, 6.07) is 11.8. The molecule has 0 bridgehead atoms. The number of hydrogen-bond acceptors (Lipinski definition) is 1. The Morgan fingerprint density at radius 3 is 2.58 bits per heavy atom. The van der Waals surface area contributed by atoms with Gasteiger partial charge in [-0.1, -0.05) is 45.7 Å². The van der Waals surface area contributed by atoms with Crippen LogP contribution in [0.4, 0.5) is 4.39 Å². The molecule has 98 valence electrons. The molecule has 5 heteroatoms. The molecular weight excluding hydrogens is 333 g/mol. The predicted octanol–water partition coefficient (Wildman–Crippen LogP) is 4.17. The summed E-state index contributed by atoms with van der Waals surface area (Å²) in [6.07, 6.45) is 0. The van der Waals surface area contributed by atoms with E-state index >= 15 is 0 Å². The Kier molecular flexibility index (Phi) is 4.56. The molecule has 0 aliphatic heterocycles. The van der Waals surface area contributed by atoms with E-state index in [1.165, 1.54) is 12.1 Å². The van der Waals surface area contributed by atoms with Gasteiger partial charge in [-0.2, -0.15) is 0 Å². The van der Waals surface area contributed by atoms with Crippen LogP contribution in [0.25, 0.3) is 0 Å². The molecule has 0 unspecified atom stereocenters. The summed E-state index contributed by atoms with van der Waals surface area (Å²) in [5.41, 5.74) is 0.878. The summed E-state index contributed by atoms with van der Waals surface area (Å²) >= 11 is 8.96. The summed E-state index contributed by atoms with van der Waals surface area (Å²) in [4.78, 5) is 11.8. The second-order valence-electron chi connectivity index (χ2n) is 3.91. The van der Waals surface area contributed by atoms with Crippen molar-refractivity contribution in [2.45, 2.75) is 6.54 Å². The highest BCUT2D eigenvalue weighted by atomic mass is 79.9. The zero-order valence-corrected chi connectivity index (χ0v) is 12.1. The van der Waals surface area contributed by atoms with E-state index in [4.69, 9.17) is 11.6 Å². The molecule has 0 heterocycles. The van der Waals surface area contributed by atoms with Crippen molar-refractivity contribution >= 4 is 33.4 Å². The van der Waals surface area contributed by atoms with Crippen molar-refractivity contribution in [3.05, 3.63) is 68.9 Å². The number of amides is 1. The van der Waals surface area contributed by atoms with Crippen LogP contribution in [0.1, 0.15) is 15.9 Å². The van der Waals surface area contributed by atoms with Crippen LogP contribution in [0.2, 0.25) is 5.02 Å². The largest absolute Gasteiger partial charge is 0.348 e. The molecular formula is C14H10BrClFNO. The van der Waals surface area contributed by atoms with Gasteiger partial charge in [0.1, 0.15) is 0 Å². The van der Waals surface area contributed by atoms with Crippen molar-refractivity contribution in [3.63, 3.8) is 0 Å². The first kappa shape index (κ1) is 14.0. The number of rotatable bonds is 3. The highest BCUT2D eigenvalue weighted by molar-refractivity contribution is 9.10. The van der Waals surface area contributed by atoms with Crippen LogP contribution < -0.4 is 5.32 Å². The summed E-state index contributed by atoms with van der Waals surface area (Å²) in [5, 5.41) is 2.59. The first-order valence-electron chi connectivity index (χ1n) is 5.54. The van der Waals surface area contributed by atoms with Crippen LogP contribution in [-0.4, -0.2) is 5.91 Å². The molecule has 2 aromatic carbocycles. The minimum atomic E-state index is -0.697. The van der Waals surface area contributed by atoms with Crippen LogP contribution in [0.3, 0.4) is 0 Å². The molecule has 0 saturated carbocycles. The number of halogens is 3. The fourth-order valence-corrected chi connectivity index (χ4v) is 2.00. The second-order valence-corrected chi connectivity index (χ2v) is 5.23. The van der Waals surface area contributed by atoms with Crippen molar-refractivity contribution in [2.24, 2.45) is 0 Å². The fourth-order valence-electron chi connectivity index (χ4n) is 1.56. The van der Waals surface area contributed by atoms with E-state index in [-0.39, 0.29) is 10.6 Å². The SMILES string of the molecule is O=C(NCc1ccc(Br)cc1)c1cccc(Cl)c1F. The molecule has 19 heavy (non-hydrogen) atoms. The first-order chi connectivity index (χ1) is 9.08. The smallest absolute Gasteiger partial charge is 0.254 e. The topological polar surface area (TPSA) is 29.1 Å². The van der Waals surface area contributed by atoms with E-state index in [0.29, 0.717) is 6.54 Å². The molecule has 0 spiro atoms. The molecule has 0 atom stereocenters. The molecule has 0 aromatic heterocycles. The molecule has 1 amide bonds. The quantitative estimate of drug-likeness (QED) is 0.891. The third kappa shape index (κ3) is 3.55. The lowest BCUT2D eigenvalue weighted by atomic mass is 10.2. The maximum Gasteiger partial charge on any atom is 0.254 e. The van der Waals surface area contributed by atoms with E-state index in [1.807, 2.05) is 24.3 Å².